The van der Waals surface area contributed by atoms with Crippen LogP contribution in [0.2, 0.25) is 0 Å². The maximum atomic E-state index is 12.3. The number of aryl methyl sites for hydroxylation is 1. The molecule has 0 spiro atoms. The summed E-state index contributed by atoms with van der Waals surface area (Å²) in [5.41, 5.74) is 1.16. The highest BCUT2D eigenvalue weighted by molar-refractivity contribution is 5.78. The fourth-order valence-corrected chi connectivity index (χ4v) is 4.34. The zero-order valence-electron chi connectivity index (χ0n) is 18.9. The second kappa shape index (κ2) is 13.4. The number of ketones is 1. The average molecular weight is 431 g/mol. The largest absolute Gasteiger partial charge is 0.463 e. The third-order valence-corrected chi connectivity index (χ3v) is 6.01. The molecule has 1 fully saturated rings. The first-order valence-corrected chi connectivity index (χ1v) is 11.6. The molecule has 0 aliphatic heterocycles. The van der Waals surface area contributed by atoms with E-state index in [2.05, 4.69) is 0 Å². The number of hydrogen-bond donors (Lipinski definition) is 2. The molecular weight excluding hydrogens is 392 g/mol. The van der Waals surface area contributed by atoms with E-state index < -0.39 is 12.2 Å². The van der Waals surface area contributed by atoms with E-state index in [1.54, 1.807) is 0 Å². The molecule has 0 unspecified atom stereocenters. The van der Waals surface area contributed by atoms with Crippen molar-refractivity contribution >= 4 is 11.8 Å². The van der Waals surface area contributed by atoms with Gasteiger partial charge in [-0.1, -0.05) is 42.5 Å². The van der Waals surface area contributed by atoms with E-state index in [1.165, 1.54) is 0 Å². The van der Waals surface area contributed by atoms with Gasteiger partial charge in [-0.3, -0.25) is 9.59 Å². The fourth-order valence-electron chi connectivity index (χ4n) is 4.34. The molecule has 0 amide bonds. The minimum Gasteiger partial charge on any atom is -0.463 e. The fraction of sp³-hybridized carbons (Fsp3) is 0.615. The highest BCUT2D eigenvalue weighted by atomic mass is 16.5. The second-order valence-electron chi connectivity index (χ2n) is 8.90. The van der Waals surface area contributed by atoms with Crippen LogP contribution in [0.1, 0.15) is 70.8 Å². The molecule has 2 rings (SSSR count). The van der Waals surface area contributed by atoms with Gasteiger partial charge in [0.25, 0.3) is 0 Å². The summed E-state index contributed by atoms with van der Waals surface area (Å²) in [5.74, 6) is -0.0461. The first-order chi connectivity index (χ1) is 14.9. The van der Waals surface area contributed by atoms with Crippen LogP contribution in [0.5, 0.6) is 0 Å². The highest BCUT2D eigenvalue weighted by Gasteiger charge is 2.40. The van der Waals surface area contributed by atoms with Crippen LogP contribution < -0.4 is 0 Å². The molecule has 0 bridgehead atoms. The van der Waals surface area contributed by atoms with Gasteiger partial charge in [-0.2, -0.15) is 0 Å². The van der Waals surface area contributed by atoms with Crippen molar-refractivity contribution in [1.29, 1.82) is 0 Å². The van der Waals surface area contributed by atoms with Crippen LogP contribution in [-0.2, 0) is 20.7 Å². The first-order valence-electron chi connectivity index (χ1n) is 11.6. The minimum absolute atomic E-state index is 0.0286. The lowest BCUT2D eigenvalue weighted by Crippen LogP contribution is -2.22. The van der Waals surface area contributed by atoms with E-state index >= 15 is 0 Å². The average Bonchev–Trinajstić information content (AvgIpc) is 3.00. The summed E-state index contributed by atoms with van der Waals surface area (Å²) in [4.78, 5) is 23.9. The monoisotopic (exact) mass is 430 g/mol. The predicted octanol–water partition coefficient (Wildman–Crippen LogP) is 4.39. The van der Waals surface area contributed by atoms with Gasteiger partial charge in [0.1, 0.15) is 5.78 Å². The summed E-state index contributed by atoms with van der Waals surface area (Å²) in [7, 11) is 0. The molecule has 172 valence electrons. The van der Waals surface area contributed by atoms with Crippen LogP contribution in [0.4, 0.5) is 0 Å². The molecular formula is C26H38O5. The van der Waals surface area contributed by atoms with Crippen LogP contribution in [0.3, 0.4) is 0 Å². The van der Waals surface area contributed by atoms with E-state index in [-0.39, 0.29) is 29.7 Å². The van der Waals surface area contributed by atoms with Gasteiger partial charge >= 0.3 is 5.97 Å². The number of carbonyl (C=O) groups is 2. The smallest absolute Gasteiger partial charge is 0.306 e. The summed E-state index contributed by atoms with van der Waals surface area (Å²) >= 11 is 0. The van der Waals surface area contributed by atoms with E-state index in [0.717, 1.165) is 24.8 Å². The third-order valence-electron chi connectivity index (χ3n) is 6.01. The molecule has 1 aromatic carbocycles. The molecule has 31 heavy (non-hydrogen) atoms. The topological polar surface area (TPSA) is 83.8 Å². The van der Waals surface area contributed by atoms with E-state index in [1.807, 2.05) is 56.3 Å². The van der Waals surface area contributed by atoms with Crippen LogP contribution in [-0.4, -0.2) is 40.3 Å². The number of rotatable bonds is 13. The van der Waals surface area contributed by atoms with Crippen molar-refractivity contribution in [2.75, 3.05) is 0 Å². The number of allylic oxidation sites excluding steroid dienone is 2. The standard InChI is InChI=1S/C26H38O5/c1-19(2)31-26(30)13-9-4-3-8-12-22-23(25(29)18-24(22)28)17-16-21(27)15-14-20-10-6-5-7-11-20/h3,5-8,10-11,19,22-25,28-29H,4,9,12-18H2,1-2H3/b8-3-/t22-,23-,24+,25-/m1/s1. The molecule has 5 heteroatoms. The lowest BCUT2D eigenvalue weighted by molar-refractivity contribution is -0.147. The van der Waals surface area contributed by atoms with Gasteiger partial charge in [0, 0.05) is 19.3 Å². The van der Waals surface area contributed by atoms with Crippen LogP contribution in [0.25, 0.3) is 0 Å². The van der Waals surface area contributed by atoms with Crippen molar-refractivity contribution in [2.24, 2.45) is 11.8 Å². The van der Waals surface area contributed by atoms with Crippen molar-refractivity contribution < 1.29 is 24.5 Å². The van der Waals surface area contributed by atoms with Crippen molar-refractivity contribution in [1.82, 2.24) is 0 Å². The summed E-state index contributed by atoms with van der Waals surface area (Å²) in [6, 6.07) is 9.98. The molecule has 4 atom stereocenters. The lowest BCUT2D eigenvalue weighted by Gasteiger charge is -2.22. The molecule has 0 aromatic heterocycles. The number of unbranched alkanes of at least 4 members (excludes halogenated alkanes) is 1. The third kappa shape index (κ3) is 9.36. The quantitative estimate of drug-likeness (QED) is 0.275. The molecule has 1 saturated carbocycles. The molecule has 0 radical (unpaired) electrons. The maximum absolute atomic E-state index is 12.3. The van der Waals surface area contributed by atoms with E-state index in [4.69, 9.17) is 4.74 Å². The molecule has 5 nitrogen and oxygen atoms in total. The molecule has 0 heterocycles. The van der Waals surface area contributed by atoms with Crippen molar-refractivity contribution in [2.45, 2.75) is 89.9 Å². The SMILES string of the molecule is CC(C)OC(=O)CCC/C=C\C[C@@H]1[C@@H](CCC(=O)CCc2ccccc2)[C@H](O)C[C@@H]1O. The highest BCUT2D eigenvalue weighted by Crippen LogP contribution is 2.38. The number of carbonyl (C=O) groups excluding carboxylic acids is 2. The normalized spacial score (nSPS) is 23.5. The van der Waals surface area contributed by atoms with Gasteiger partial charge in [0.05, 0.1) is 18.3 Å². The molecule has 1 aliphatic carbocycles. The van der Waals surface area contributed by atoms with Crippen molar-refractivity contribution in [3.8, 4) is 0 Å². The molecule has 0 saturated heterocycles. The zero-order valence-corrected chi connectivity index (χ0v) is 18.9. The lowest BCUT2D eigenvalue weighted by atomic mass is 9.86. The first kappa shape index (κ1) is 25.3. The minimum atomic E-state index is -0.555. The Morgan fingerprint density at radius 2 is 1.74 bits per heavy atom. The number of aliphatic hydroxyl groups excluding tert-OH is 2. The Balaban J connectivity index is 1.71. The van der Waals surface area contributed by atoms with Gasteiger partial charge < -0.3 is 14.9 Å². The molecule has 2 N–H and O–H groups in total. The summed E-state index contributed by atoms with van der Waals surface area (Å²) in [6.45, 7) is 3.68. The summed E-state index contributed by atoms with van der Waals surface area (Å²) in [5, 5.41) is 20.7. The maximum Gasteiger partial charge on any atom is 0.306 e. The molecule has 1 aliphatic rings. The van der Waals surface area contributed by atoms with Gasteiger partial charge in [-0.25, -0.2) is 0 Å². The number of hydrogen-bond acceptors (Lipinski definition) is 5. The number of esters is 1. The summed E-state index contributed by atoms with van der Waals surface area (Å²) < 4.78 is 5.12. The Kier molecular flexibility index (Phi) is 11.0. The van der Waals surface area contributed by atoms with Crippen LogP contribution in [0, 0.1) is 11.8 Å². The van der Waals surface area contributed by atoms with Gasteiger partial charge in [0.2, 0.25) is 0 Å². The number of ether oxygens (including phenoxy) is 1. The van der Waals surface area contributed by atoms with Crippen molar-refractivity contribution in [3.05, 3.63) is 48.0 Å². The van der Waals surface area contributed by atoms with Gasteiger partial charge in [0.15, 0.2) is 0 Å². The predicted molar refractivity (Wildman–Crippen MR) is 121 cm³/mol. The van der Waals surface area contributed by atoms with Gasteiger partial charge in [-0.15, -0.1) is 0 Å². The Labute approximate surface area is 186 Å². The zero-order chi connectivity index (χ0) is 22.6. The Morgan fingerprint density at radius 1 is 1.03 bits per heavy atom. The number of aliphatic hydroxyl groups is 2. The summed E-state index contributed by atoms with van der Waals surface area (Å²) in [6.07, 6.45) is 8.17. The van der Waals surface area contributed by atoms with Crippen molar-refractivity contribution in [3.63, 3.8) is 0 Å². The van der Waals surface area contributed by atoms with Crippen LogP contribution in [0.15, 0.2) is 42.5 Å². The van der Waals surface area contributed by atoms with Crippen LogP contribution >= 0.6 is 0 Å². The Bertz CT molecular complexity index is 697. The Morgan fingerprint density at radius 3 is 2.45 bits per heavy atom. The molecule has 1 aromatic rings. The second-order valence-corrected chi connectivity index (χ2v) is 8.90. The van der Waals surface area contributed by atoms with E-state index in [0.29, 0.717) is 38.5 Å². The number of Topliss-reactive ketones (excluding diaryl/α,β-unsaturated/α-hetero) is 1. The van der Waals surface area contributed by atoms with E-state index in [9.17, 15) is 19.8 Å². The number of benzene rings is 1. The Hall–Kier alpha value is -1.98. The van der Waals surface area contributed by atoms with Gasteiger partial charge in [-0.05, 0) is 69.8 Å².